The minimum Gasteiger partial charge on any atom is -0.494 e. The third-order valence-electron chi connectivity index (χ3n) is 3.81. The Morgan fingerprint density at radius 2 is 1.67 bits per heavy atom. The average Bonchev–Trinajstić information content (AvgIpc) is 2.74. The molecule has 0 aliphatic carbocycles. The van der Waals surface area contributed by atoms with Gasteiger partial charge in [-0.25, -0.2) is 14.8 Å². The van der Waals surface area contributed by atoms with Crippen LogP contribution in [0.5, 0.6) is 11.5 Å². The van der Waals surface area contributed by atoms with Gasteiger partial charge in [0, 0.05) is 5.56 Å². The maximum atomic E-state index is 12.3. The minimum atomic E-state index is -0.984. The smallest absolute Gasteiger partial charge is 0.343 e. The summed E-state index contributed by atoms with van der Waals surface area (Å²) in [5.74, 6) is 3.18. The van der Waals surface area contributed by atoms with Crippen molar-refractivity contribution in [1.82, 2.24) is 9.97 Å². The van der Waals surface area contributed by atoms with Crippen LogP contribution in [-0.4, -0.2) is 28.2 Å². The largest absolute Gasteiger partial charge is 0.494 e. The predicted molar refractivity (Wildman–Crippen MR) is 99.2 cm³/mol. The molecule has 1 aromatic heterocycles. The van der Waals surface area contributed by atoms with E-state index in [1.165, 1.54) is 0 Å². The number of ether oxygens (including phenoxy) is 2. The molecule has 1 atom stereocenters. The zero-order valence-electron chi connectivity index (χ0n) is 14.5. The highest BCUT2D eigenvalue weighted by Gasteiger charge is 2.11. The number of carbonyl (C=O) groups is 1. The van der Waals surface area contributed by atoms with E-state index in [0.717, 1.165) is 5.56 Å². The fourth-order valence-electron chi connectivity index (χ4n) is 2.31. The van der Waals surface area contributed by atoms with Gasteiger partial charge in [-0.05, 0) is 29.8 Å². The average molecular weight is 360 g/mol. The quantitative estimate of drug-likeness (QED) is 0.428. The van der Waals surface area contributed by atoms with Crippen LogP contribution in [0.1, 0.15) is 22.0 Å². The van der Waals surface area contributed by atoms with Gasteiger partial charge in [0.25, 0.3) is 0 Å². The molecule has 0 aliphatic heterocycles. The summed E-state index contributed by atoms with van der Waals surface area (Å²) in [5, 5.41) is 9.57. The van der Waals surface area contributed by atoms with Gasteiger partial charge in [0.1, 0.15) is 11.9 Å². The Morgan fingerprint density at radius 1 is 1.04 bits per heavy atom. The monoisotopic (exact) mass is 360 g/mol. The Morgan fingerprint density at radius 3 is 2.22 bits per heavy atom. The molecule has 6 nitrogen and oxygen atoms in total. The lowest BCUT2D eigenvalue weighted by Gasteiger charge is -2.07. The zero-order chi connectivity index (χ0) is 19.2. The first-order valence-electron chi connectivity index (χ1n) is 8.03. The third kappa shape index (κ3) is 4.29. The third-order valence-corrected chi connectivity index (χ3v) is 3.81. The van der Waals surface area contributed by atoms with E-state index in [4.69, 9.17) is 15.9 Å². The van der Waals surface area contributed by atoms with Crippen LogP contribution in [0.25, 0.3) is 11.4 Å². The minimum absolute atomic E-state index is 0.357. The van der Waals surface area contributed by atoms with Gasteiger partial charge in [-0.1, -0.05) is 30.2 Å². The van der Waals surface area contributed by atoms with Crippen molar-refractivity contribution in [3.63, 3.8) is 0 Å². The zero-order valence-corrected chi connectivity index (χ0v) is 14.5. The van der Waals surface area contributed by atoms with Gasteiger partial charge in [-0.15, -0.1) is 6.42 Å². The van der Waals surface area contributed by atoms with Gasteiger partial charge < -0.3 is 14.6 Å². The lowest BCUT2D eigenvalue weighted by atomic mass is 10.1. The Labute approximate surface area is 156 Å². The number of hydrogen-bond donors (Lipinski definition) is 1. The number of aliphatic hydroxyl groups excluding tert-OH is 1. The number of aromatic nitrogens is 2. The van der Waals surface area contributed by atoms with E-state index in [-0.39, 0.29) is 0 Å². The fraction of sp³-hybridized carbons (Fsp3) is 0.0952. The summed E-state index contributed by atoms with van der Waals surface area (Å²) >= 11 is 0. The standard InChI is InChI=1S/C21H16N2O4/c1-3-19(24)14-8-10-17(11-9-14)27-21(25)16-6-4-15(5-7-16)20-22-12-18(26-2)13-23-20/h1,4-13,19,24H,2H3. The van der Waals surface area contributed by atoms with Crippen molar-refractivity contribution in [3.05, 3.63) is 72.1 Å². The highest BCUT2D eigenvalue weighted by molar-refractivity contribution is 5.91. The van der Waals surface area contributed by atoms with Crippen LogP contribution in [0, 0.1) is 12.3 Å². The summed E-state index contributed by atoms with van der Waals surface area (Å²) in [6.07, 6.45) is 7.33. The van der Waals surface area contributed by atoms with Crippen LogP contribution in [0.15, 0.2) is 60.9 Å². The molecule has 2 aromatic carbocycles. The van der Waals surface area contributed by atoms with Crippen molar-refractivity contribution >= 4 is 5.97 Å². The summed E-state index contributed by atoms with van der Waals surface area (Å²) in [6, 6.07) is 13.1. The van der Waals surface area contributed by atoms with E-state index in [2.05, 4.69) is 15.9 Å². The Balaban J connectivity index is 1.69. The van der Waals surface area contributed by atoms with Crippen molar-refractivity contribution in [3.8, 4) is 35.2 Å². The number of methoxy groups -OCH3 is 1. The number of hydrogen-bond acceptors (Lipinski definition) is 6. The van der Waals surface area contributed by atoms with E-state index >= 15 is 0 Å². The van der Waals surface area contributed by atoms with E-state index < -0.39 is 12.1 Å². The second kappa shape index (κ2) is 8.13. The van der Waals surface area contributed by atoms with Crippen molar-refractivity contribution < 1.29 is 19.4 Å². The lowest BCUT2D eigenvalue weighted by molar-refractivity contribution is 0.0734. The molecule has 0 saturated carbocycles. The highest BCUT2D eigenvalue weighted by Crippen LogP contribution is 2.20. The van der Waals surface area contributed by atoms with Crippen LogP contribution in [0.4, 0.5) is 0 Å². The molecule has 0 bridgehead atoms. The van der Waals surface area contributed by atoms with Gasteiger partial charge in [0.05, 0.1) is 25.1 Å². The number of terminal acetylenes is 1. The van der Waals surface area contributed by atoms with E-state index in [1.54, 1.807) is 68.0 Å². The number of aliphatic hydroxyl groups is 1. The highest BCUT2D eigenvalue weighted by atomic mass is 16.5. The van der Waals surface area contributed by atoms with Crippen molar-refractivity contribution in [1.29, 1.82) is 0 Å². The van der Waals surface area contributed by atoms with E-state index in [9.17, 15) is 9.90 Å². The van der Waals surface area contributed by atoms with Crippen LogP contribution < -0.4 is 9.47 Å². The Kier molecular flexibility index (Phi) is 5.45. The molecular weight excluding hydrogens is 344 g/mol. The van der Waals surface area contributed by atoms with Crippen LogP contribution in [0.2, 0.25) is 0 Å². The number of nitrogens with zero attached hydrogens (tertiary/aromatic N) is 2. The Hall–Kier alpha value is -3.69. The molecule has 0 spiro atoms. The number of esters is 1. The maximum absolute atomic E-state index is 12.3. The molecule has 0 saturated heterocycles. The first-order chi connectivity index (χ1) is 13.1. The van der Waals surface area contributed by atoms with E-state index in [1.807, 2.05) is 0 Å². The normalized spacial score (nSPS) is 11.3. The van der Waals surface area contributed by atoms with Crippen LogP contribution in [0.3, 0.4) is 0 Å². The van der Waals surface area contributed by atoms with E-state index in [0.29, 0.717) is 28.5 Å². The SMILES string of the molecule is C#CC(O)c1ccc(OC(=O)c2ccc(-c3ncc(OC)cn3)cc2)cc1. The van der Waals surface area contributed by atoms with Crippen molar-refractivity contribution in [2.45, 2.75) is 6.10 Å². The van der Waals surface area contributed by atoms with Gasteiger partial charge in [-0.2, -0.15) is 0 Å². The summed E-state index contributed by atoms with van der Waals surface area (Å²) in [6.45, 7) is 0. The second-order valence-corrected chi connectivity index (χ2v) is 5.55. The molecule has 0 aliphatic rings. The summed E-state index contributed by atoms with van der Waals surface area (Å²) < 4.78 is 10.4. The molecule has 27 heavy (non-hydrogen) atoms. The molecule has 0 fully saturated rings. The van der Waals surface area contributed by atoms with Crippen LogP contribution >= 0.6 is 0 Å². The number of benzene rings is 2. The summed E-state index contributed by atoms with van der Waals surface area (Å²) in [4.78, 5) is 20.7. The first-order valence-corrected chi connectivity index (χ1v) is 8.03. The molecular formula is C21H16N2O4. The van der Waals surface area contributed by atoms with Crippen molar-refractivity contribution in [2.24, 2.45) is 0 Å². The van der Waals surface area contributed by atoms with Gasteiger partial charge in [-0.3, -0.25) is 0 Å². The summed E-state index contributed by atoms with van der Waals surface area (Å²) in [7, 11) is 1.55. The molecule has 3 aromatic rings. The predicted octanol–water partition coefficient (Wildman–Crippen LogP) is 3.04. The molecule has 0 radical (unpaired) electrons. The van der Waals surface area contributed by atoms with Gasteiger partial charge >= 0.3 is 5.97 Å². The van der Waals surface area contributed by atoms with Gasteiger partial charge in [0.15, 0.2) is 11.6 Å². The maximum Gasteiger partial charge on any atom is 0.343 e. The lowest BCUT2D eigenvalue weighted by Crippen LogP contribution is -2.08. The topological polar surface area (TPSA) is 81.5 Å². The second-order valence-electron chi connectivity index (χ2n) is 5.55. The molecule has 6 heteroatoms. The molecule has 1 N–H and O–H groups in total. The first kappa shape index (κ1) is 18.1. The fourth-order valence-corrected chi connectivity index (χ4v) is 2.31. The molecule has 0 amide bonds. The molecule has 3 rings (SSSR count). The van der Waals surface area contributed by atoms with Crippen LogP contribution in [-0.2, 0) is 0 Å². The number of rotatable bonds is 5. The van der Waals surface area contributed by atoms with Crippen molar-refractivity contribution in [2.75, 3.05) is 7.11 Å². The Bertz CT molecular complexity index is 959. The van der Waals surface area contributed by atoms with Gasteiger partial charge in [0.2, 0.25) is 0 Å². The molecule has 1 heterocycles. The molecule has 134 valence electrons. The molecule has 1 unspecified atom stereocenters. The summed E-state index contributed by atoms with van der Waals surface area (Å²) in [5.41, 5.74) is 1.71. The number of carbonyl (C=O) groups excluding carboxylic acids is 1.